The third kappa shape index (κ3) is 7.39. The zero-order chi connectivity index (χ0) is 10.8. The van der Waals surface area contributed by atoms with Crippen LogP contribution in [0.1, 0.15) is 26.7 Å². The highest BCUT2D eigenvalue weighted by Crippen LogP contribution is 1.91. The van der Waals surface area contributed by atoms with Crippen molar-refractivity contribution in [3.63, 3.8) is 0 Å². The van der Waals surface area contributed by atoms with Crippen molar-refractivity contribution >= 4 is 12.1 Å². The van der Waals surface area contributed by atoms with Crippen molar-refractivity contribution in [1.82, 2.24) is 0 Å². The van der Waals surface area contributed by atoms with Crippen LogP contribution in [0.2, 0.25) is 0 Å². The fourth-order valence-corrected chi connectivity index (χ4v) is 0.716. The first-order valence-corrected chi connectivity index (χ1v) is 4.65. The molecule has 0 aromatic rings. The van der Waals surface area contributed by atoms with Crippen LogP contribution in [-0.4, -0.2) is 31.9 Å². The molecule has 0 amide bonds. The molecule has 0 aromatic carbocycles. The molecular weight excluding hydrogens is 188 g/mol. The van der Waals surface area contributed by atoms with Crippen LogP contribution in [0, 0.1) is 0 Å². The van der Waals surface area contributed by atoms with Crippen molar-refractivity contribution in [2.75, 3.05) is 19.8 Å². The van der Waals surface area contributed by atoms with Crippen LogP contribution < -0.4 is 0 Å². The van der Waals surface area contributed by atoms with Crippen LogP contribution in [0.3, 0.4) is 0 Å². The molecule has 0 N–H and O–H groups in total. The summed E-state index contributed by atoms with van der Waals surface area (Å²) >= 11 is 0. The summed E-state index contributed by atoms with van der Waals surface area (Å²) in [6, 6.07) is 0. The maximum Gasteiger partial charge on any atom is 0.508 e. The summed E-state index contributed by atoms with van der Waals surface area (Å²) < 4.78 is 13.8. The number of esters is 1. The van der Waals surface area contributed by atoms with Crippen molar-refractivity contribution in [3.8, 4) is 0 Å². The molecular formula is C9H16O5. The zero-order valence-electron chi connectivity index (χ0n) is 8.58. The zero-order valence-corrected chi connectivity index (χ0v) is 8.58. The van der Waals surface area contributed by atoms with E-state index in [4.69, 9.17) is 4.74 Å². The van der Waals surface area contributed by atoms with Gasteiger partial charge < -0.3 is 14.2 Å². The standard InChI is InChI=1S/C9H16O5/c1-3-5-8(10)13-6-7-14-9(11)12-4-2/h3-7H2,1-2H3. The number of carbonyl (C=O) groups excluding carboxylic acids is 2. The van der Waals surface area contributed by atoms with Gasteiger partial charge in [-0.3, -0.25) is 4.79 Å². The molecule has 0 aromatic heterocycles. The maximum absolute atomic E-state index is 10.8. The summed E-state index contributed by atoms with van der Waals surface area (Å²) in [5.41, 5.74) is 0. The van der Waals surface area contributed by atoms with Gasteiger partial charge in [-0.15, -0.1) is 0 Å². The molecule has 0 saturated carbocycles. The Hall–Kier alpha value is -1.26. The Labute approximate surface area is 83.3 Å². The van der Waals surface area contributed by atoms with Crippen molar-refractivity contribution < 1.29 is 23.8 Å². The number of carbonyl (C=O) groups is 2. The minimum Gasteiger partial charge on any atom is -0.462 e. The first kappa shape index (κ1) is 12.7. The summed E-state index contributed by atoms with van der Waals surface area (Å²) in [4.78, 5) is 21.4. The summed E-state index contributed by atoms with van der Waals surface area (Å²) in [6.07, 6.45) is 0.399. The van der Waals surface area contributed by atoms with Gasteiger partial charge in [-0.05, 0) is 13.3 Å². The molecule has 0 saturated heterocycles. The van der Waals surface area contributed by atoms with Crippen LogP contribution in [-0.2, 0) is 19.0 Å². The van der Waals surface area contributed by atoms with Crippen LogP contribution in [0.15, 0.2) is 0 Å². The highest BCUT2D eigenvalue weighted by Gasteiger charge is 2.03. The molecule has 0 aliphatic carbocycles. The average Bonchev–Trinajstić information content (AvgIpc) is 2.13. The van der Waals surface area contributed by atoms with E-state index in [-0.39, 0.29) is 25.8 Å². The van der Waals surface area contributed by atoms with Crippen molar-refractivity contribution in [2.24, 2.45) is 0 Å². The van der Waals surface area contributed by atoms with E-state index >= 15 is 0 Å². The molecule has 0 rings (SSSR count). The molecule has 0 bridgehead atoms. The number of rotatable bonds is 6. The lowest BCUT2D eigenvalue weighted by molar-refractivity contribution is -0.144. The third-order valence-electron chi connectivity index (χ3n) is 1.28. The smallest absolute Gasteiger partial charge is 0.462 e. The van der Waals surface area contributed by atoms with Crippen LogP contribution in [0.5, 0.6) is 0 Å². The second-order valence-corrected chi connectivity index (χ2v) is 2.50. The highest BCUT2D eigenvalue weighted by molar-refractivity contribution is 5.69. The SMILES string of the molecule is CCCC(=O)OCCOC(=O)OCC. The largest absolute Gasteiger partial charge is 0.508 e. The second-order valence-electron chi connectivity index (χ2n) is 2.50. The van der Waals surface area contributed by atoms with Crippen LogP contribution >= 0.6 is 0 Å². The minimum atomic E-state index is -0.737. The molecule has 82 valence electrons. The van der Waals surface area contributed by atoms with Gasteiger partial charge in [0.2, 0.25) is 0 Å². The Morgan fingerprint density at radius 2 is 1.64 bits per heavy atom. The van der Waals surface area contributed by atoms with E-state index in [1.807, 2.05) is 6.92 Å². The van der Waals surface area contributed by atoms with Crippen molar-refractivity contribution in [2.45, 2.75) is 26.7 Å². The Morgan fingerprint density at radius 1 is 1.00 bits per heavy atom. The molecule has 14 heavy (non-hydrogen) atoms. The monoisotopic (exact) mass is 204 g/mol. The molecule has 0 aliphatic rings. The Balaban J connectivity index is 3.28. The van der Waals surface area contributed by atoms with E-state index in [0.29, 0.717) is 6.42 Å². The van der Waals surface area contributed by atoms with E-state index in [9.17, 15) is 9.59 Å². The lowest BCUT2D eigenvalue weighted by Gasteiger charge is -2.05. The Bertz CT molecular complexity index is 158. The average molecular weight is 204 g/mol. The van der Waals surface area contributed by atoms with Gasteiger partial charge in [-0.1, -0.05) is 6.92 Å². The molecule has 0 heterocycles. The predicted octanol–water partition coefficient (Wildman–Crippen LogP) is 1.50. The van der Waals surface area contributed by atoms with Gasteiger partial charge in [-0.2, -0.15) is 0 Å². The molecule has 0 aliphatic heterocycles. The first-order chi connectivity index (χ1) is 6.70. The first-order valence-electron chi connectivity index (χ1n) is 4.65. The summed E-state index contributed by atoms with van der Waals surface area (Å²) in [7, 11) is 0. The minimum absolute atomic E-state index is 0.0360. The molecule has 0 fully saturated rings. The summed E-state index contributed by atoms with van der Waals surface area (Å²) in [5, 5.41) is 0. The highest BCUT2D eigenvalue weighted by atomic mass is 16.7. The van der Waals surface area contributed by atoms with Gasteiger partial charge in [0.15, 0.2) is 0 Å². The fraction of sp³-hybridized carbons (Fsp3) is 0.778. The molecule has 0 spiro atoms. The van der Waals surface area contributed by atoms with E-state index in [1.165, 1.54) is 0 Å². The lowest BCUT2D eigenvalue weighted by Crippen LogP contribution is -2.14. The quantitative estimate of drug-likeness (QED) is 0.484. The van der Waals surface area contributed by atoms with Crippen molar-refractivity contribution in [1.29, 1.82) is 0 Å². The van der Waals surface area contributed by atoms with Gasteiger partial charge in [0.05, 0.1) is 6.61 Å². The Kier molecular flexibility index (Phi) is 7.59. The van der Waals surface area contributed by atoms with Crippen LogP contribution in [0.4, 0.5) is 4.79 Å². The molecule has 0 atom stereocenters. The summed E-state index contributed by atoms with van der Waals surface area (Å²) in [5.74, 6) is -0.278. The second kappa shape index (κ2) is 8.34. The molecule has 0 radical (unpaired) electrons. The van der Waals surface area contributed by atoms with E-state index in [0.717, 1.165) is 6.42 Å². The maximum atomic E-state index is 10.8. The molecule has 5 nitrogen and oxygen atoms in total. The fourth-order valence-electron chi connectivity index (χ4n) is 0.716. The number of hydrogen-bond acceptors (Lipinski definition) is 5. The number of hydrogen-bond donors (Lipinski definition) is 0. The van der Waals surface area contributed by atoms with Crippen molar-refractivity contribution in [3.05, 3.63) is 0 Å². The third-order valence-corrected chi connectivity index (χ3v) is 1.28. The van der Waals surface area contributed by atoms with E-state index < -0.39 is 6.16 Å². The van der Waals surface area contributed by atoms with Gasteiger partial charge in [0.25, 0.3) is 0 Å². The van der Waals surface area contributed by atoms with Gasteiger partial charge >= 0.3 is 12.1 Å². The topological polar surface area (TPSA) is 61.8 Å². The normalized spacial score (nSPS) is 9.29. The van der Waals surface area contributed by atoms with Gasteiger partial charge in [0.1, 0.15) is 13.2 Å². The van der Waals surface area contributed by atoms with Gasteiger partial charge in [-0.25, -0.2) is 4.79 Å². The van der Waals surface area contributed by atoms with Gasteiger partial charge in [0, 0.05) is 6.42 Å². The van der Waals surface area contributed by atoms with E-state index in [2.05, 4.69) is 9.47 Å². The number of ether oxygens (including phenoxy) is 3. The predicted molar refractivity (Wildman–Crippen MR) is 48.8 cm³/mol. The van der Waals surface area contributed by atoms with E-state index in [1.54, 1.807) is 6.92 Å². The molecule has 5 heteroatoms. The summed E-state index contributed by atoms with van der Waals surface area (Å²) in [6.45, 7) is 3.96. The Morgan fingerprint density at radius 3 is 2.21 bits per heavy atom. The van der Waals surface area contributed by atoms with Crippen LogP contribution in [0.25, 0.3) is 0 Å². The lowest BCUT2D eigenvalue weighted by atomic mass is 10.3. The molecule has 0 unspecified atom stereocenters.